The number of nitrogens with one attached hydrogen (secondary N) is 1. The first-order valence-electron chi connectivity index (χ1n) is 8.09. The number of fused-ring (bicyclic) bond motifs is 1. The second-order valence-corrected chi connectivity index (χ2v) is 5.94. The van der Waals surface area contributed by atoms with Crippen molar-refractivity contribution in [1.82, 2.24) is 0 Å². The van der Waals surface area contributed by atoms with Crippen molar-refractivity contribution < 1.29 is 14.3 Å². The zero-order chi connectivity index (χ0) is 17.8. The third-order valence-electron chi connectivity index (χ3n) is 4.01. The van der Waals surface area contributed by atoms with Gasteiger partial charge in [0.1, 0.15) is 5.75 Å². The molecule has 0 aliphatic carbocycles. The van der Waals surface area contributed by atoms with E-state index in [2.05, 4.69) is 5.32 Å². The summed E-state index contributed by atoms with van der Waals surface area (Å²) in [4.78, 5) is 23.9. The molecule has 0 saturated carbocycles. The molecular weight excluding hydrogens is 314 g/mol. The minimum atomic E-state index is -0.736. The minimum absolute atomic E-state index is 0.268. The fourth-order valence-corrected chi connectivity index (χ4v) is 2.71. The number of hydrogen-bond acceptors (Lipinski definition) is 3. The van der Waals surface area contributed by atoms with E-state index in [1.807, 2.05) is 61.5 Å². The molecule has 3 aromatic carbocycles. The Morgan fingerprint density at radius 3 is 2.64 bits per heavy atom. The Labute approximate surface area is 146 Å². The molecule has 25 heavy (non-hydrogen) atoms. The lowest BCUT2D eigenvalue weighted by Crippen LogP contribution is -2.30. The Bertz CT molecular complexity index is 933. The van der Waals surface area contributed by atoms with Crippen LogP contribution < -0.4 is 10.1 Å². The third kappa shape index (κ3) is 3.69. The van der Waals surface area contributed by atoms with Gasteiger partial charge in [0.05, 0.1) is 5.56 Å². The number of aldehydes is 1. The summed E-state index contributed by atoms with van der Waals surface area (Å²) in [5.74, 6) is 0.135. The minimum Gasteiger partial charge on any atom is -0.480 e. The van der Waals surface area contributed by atoms with E-state index in [0.29, 0.717) is 11.3 Å². The van der Waals surface area contributed by atoms with Gasteiger partial charge in [0, 0.05) is 5.69 Å². The van der Waals surface area contributed by atoms with Crippen molar-refractivity contribution in [3.63, 3.8) is 0 Å². The summed E-state index contributed by atoms with van der Waals surface area (Å²) in [5, 5.41) is 4.58. The lowest BCUT2D eigenvalue weighted by atomic mass is 10.0. The van der Waals surface area contributed by atoms with Gasteiger partial charge in [-0.05, 0) is 48.4 Å². The Morgan fingerprint density at radius 1 is 1.08 bits per heavy atom. The van der Waals surface area contributed by atoms with Crippen LogP contribution >= 0.6 is 0 Å². The van der Waals surface area contributed by atoms with Gasteiger partial charge in [-0.15, -0.1) is 0 Å². The van der Waals surface area contributed by atoms with Crippen LogP contribution in [0, 0.1) is 6.92 Å². The van der Waals surface area contributed by atoms with E-state index < -0.39 is 6.10 Å². The van der Waals surface area contributed by atoms with E-state index in [0.717, 1.165) is 28.3 Å². The van der Waals surface area contributed by atoms with E-state index in [-0.39, 0.29) is 5.91 Å². The molecule has 0 heterocycles. The largest absolute Gasteiger partial charge is 0.480 e. The Kier molecular flexibility index (Phi) is 4.80. The van der Waals surface area contributed by atoms with Gasteiger partial charge < -0.3 is 10.1 Å². The molecule has 0 aliphatic heterocycles. The Morgan fingerprint density at radius 2 is 1.88 bits per heavy atom. The lowest BCUT2D eigenvalue weighted by Gasteiger charge is -2.17. The molecule has 1 atom stereocenters. The number of carbonyl (C=O) groups is 2. The molecule has 4 heteroatoms. The van der Waals surface area contributed by atoms with E-state index in [1.54, 1.807) is 13.0 Å². The molecule has 0 fully saturated rings. The molecule has 0 aromatic heterocycles. The van der Waals surface area contributed by atoms with Crippen LogP contribution in [0.2, 0.25) is 0 Å². The second kappa shape index (κ2) is 7.18. The topological polar surface area (TPSA) is 55.4 Å². The number of hydrogen-bond donors (Lipinski definition) is 1. The van der Waals surface area contributed by atoms with Crippen LogP contribution in [-0.2, 0) is 4.79 Å². The standard InChI is InChI=1S/C21H19NO3/c1-14-6-5-8-17(12-14)22-21(24)15(2)25-20-11-10-16-7-3-4-9-18(16)19(20)13-23/h3-13,15H,1-2H3,(H,22,24)/t15-/m1/s1. The molecule has 1 N–H and O–H groups in total. The third-order valence-corrected chi connectivity index (χ3v) is 4.01. The van der Waals surface area contributed by atoms with Crippen LogP contribution in [0.4, 0.5) is 5.69 Å². The van der Waals surface area contributed by atoms with E-state index in [9.17, 15) is 9.59 Å². The maximum atomic E-state index is 12.4. The van der Waals surface area contributed by atoms with E-state index in [1.165, 1.54) is 0 Å². The van der Waals surface area contributed by atoms with Crippen LogP contribution in [0.1, 0.15) is 22.8 Å². The van der Waals surface area contributed by atoms with Gasteiger partial charge in [0.25, 0.3) is 5.91 Å². The quantitative estimate of drug-likeness (QED) is 0.706. The summed E-state index contributed by atoms with van der Waals surface area (Å²) >= 11 is 0. The highest BCUT2D eigenvalue weighted by atomic mass is 16.5. The summed E-state index contributed by atoms with van der Waals surface area (Å²) in [7, 11) is 0. The number of carbonyl (C=O) groups excluding carboxylic acids is 2. The molecule has 3 rings (SSSR count). The van der Waals surface area contributed by atoms with Crippen LogP contribution in [-0.4, -0.2) is 18.3 Å². The van der Waals surface area contributed by atoms with Crippen molar-refractivity contribution in [3.05, 3.63) is 71.8 Å². The van der Waals surface area contributed by atoms with E-state index in [4.69, 9.17) is 4.74 Å². The Balaban J connectivity index is 1.80. The predicted molar refractivity (Wildman–Crippen MR) is 99.2 cm³/mol. The SMILES string of the molecule is Cc1cccc(NC(=O)[C@@H](C)Oc2ccc3ccccc3c2C=O)c1. The van der Waals surface area contributed by atoms with Crippen LogP contribution in [0.5, 0.6) is 5.75 Å². The number of benzene rings is 3. The summed E-state index contributed by atoms with van der Waals surface area (Å²) in [6.07, 6.45) is 0.0309. The second-order valence-electron chi connectivity index (χ2n) is 5.94. The van der Waals surface area contributed by atoms with Gasteiger partial charge in [0.15, 0.2) is 12.4 Å². The van der Waals surface area contributed by atoms with Crippen molar-refractivity contribution in [2.24, 2.45) is 0 Å². The van der Waals surface area contributed by atoms with Gasteiger partial charge in [-0.25, -0.2) is 0 Å². The van der Waals surface area contributed by atoms with Gasteiger partial charge in [-0.3, -0.25) is 9.59 Å². The summed E-state index contributed by atoms with van der Waals surface area (Å²) < 4.78 is 5.77. The average molecular weight is 333 g/mol. The molecular formula is C21H19NO3. The fourth-order valence-electron chi connectivity index (χ4n) is 2.71. The van der Waals surface area contributed by atoms with Crippen molar-refractivity contribution in [3.8, 4) is 5.75 Å². The first-order chi connectivity index (χ1) is 12.1. The first kappa shape index (κ1) is 16.7. The Hall–Kier alpha value is -3.14. The molecule has 0 unspecified atom stereocenters. The molecule has 3 aromatic rings. The highest BCUT2D eigenvalue weighted by molar-refractivity contribution is 6.01. The average Bonchev–Trinajstić information content (AvgIpc) is 2.61. The van der Waals surface area contributed by atoms with Gasteiger partial charge in [-0.1, -0.05) is 42.5 Å². The van der Waals surface area contributed by atoms with E-state index >= 15 is 0 Å². The van der Waals surface area contributed by atoms with Crippen LogP contribution in [0.15, 0.2) is 60.7 Å². The number of amides is 1. The monoisotopic (exact) mass is 333 g/mol. The van der Waals surface area contributed by atoms with Gasteiger partial charge in [-0.2, -0.15) is 0 Å². The molecule has 1 amide bonds. The van der Waals surface area contributed by atoms with Crippen molar-refractivity contribution in [1.29, 1.82) is 0 Å². The van der Waals surface area contributed by atoms with Gasteiger partial charge >= 0.3 is 0 Å². The highest BCUT2D eigenvalue weighted by Gasteiger charge is 2.17. The van der Waals surface area contributed by atoms with Crippen molar-refractivity contribution in [2.45, 2.75) is 20.0 Å². The zero-order valence-corrected chi connectivity index (χ0v) is 14.2. The fraction of sp³-hybridized carbons (Fsp3) is 0.143. The van der Waals surface area contributed by atoms with Gasteiger partial charge in [0.2, 0.25) is 0 Å². The molecule has 0 aliphatic rings. The molecule has 4 nitrogen and oxygen atoms in total. The summed E-state index contributed by atoms with van der Waals surface area (Å²) in [5.41, 5.74) is 2.23. The smallest absolute Gasteiger partial charge is 0.265 e. The van der Waals surface area contributed by atoms with Crippen molar-refractivity contribution in [2.75, 3.05) is 5.32 Å². The number of anilines is 1. The maximum Gasteiger partial charge on any atom is 0.265 e. The highest BCUT2D eigenvalue weighted by Crippen LogP contribution is 2.27. The summed E-state index contributed by atoms with van der Waals surface area (Å²) in [6.45, 7) is 3.62. The van der Waals surface area contributed by atoms with Crippen LogP contribution in [0.3, 0.4) is 0 Å². The maximum absolute atomic E-state index is 12.4. The molecule has 126 valence electrons. The zero-order valence-electron chi connectivity index (χ0n) is 14.2. The molecule has 0 saturated heterocycles. The number of rotatable bonds is 5. The molecule has 0 spiro atoms. The lowest BCUT2D eigenvalue weighted by molar-refractivity contribution is -0.122. The van der Waals surface area contributed by atoms with Crippen molar-refractivity contribution >= 4 is 28.7 Å². The molecule has 0 radical (unpaired) electrons. The molecule has 0 bridgehead atoms. The number of aryl methyl sites for hydroxylation is 1. The predicted octanol–water partition coefficient (Wildman–Crippen LogP) is 4.37. The first-order valence-corrected chi connectivity index (χ1v) is 8.09. The summed E-state index contributed by atoms with van der Waals surface area (Å²) in [6, 6.07) is 18.7. The normalized spacial score (nSPS) is 11.8. The van der Waals surface area contributed by atoms with Crippen LogP contribution in [0.25, 0.3) is 10.8 Å². The number of ether oxygens (including phenoxy) is 1.